The van der Waals surface area contributed by atoms with Crippen molar-refractivity contribution in [2.24, 2.45) is 0 Å². The van der Waals surface area contributed by atoms with Crippen molar-refractivity contribution in [3.63, 3.8) is 0 Å². The van der Waals surface area contributed by atoms with E-state index in [0.29, 0.717) is 19.8 Å². The van der Waals surface area contributed by atoms with Gasteiger partial charge in [0.2, 0.25) is 0 Å². The third-order valence-corrected chi connectivity index (χ3v) is 4.54. The minimum absolute atomic E-state index is 0.0269. The highest BCUT2D eigenvalue weighted by molar-refractivity contribution is 5.17. The third-order valence-electron chi connectivity index (χ3n) is 4.54. The molecule has 0 spiro atoms. The molecule has 3 unspecified atom stereocenters. The van der Waals surface area contributed by atoms with Crippen molar-refractivity contribution in [3.05, 3.63) is 71.8 Å². The van der Waals surface area contributed by atoms with Gasteiger partial charge in [-0.25, -0.2) is 0 Å². The van der Waals surface area contributed by atoms with Gasteiger partial charge in [-0.3, -0.25) is 0 Å². The Hall–Kier alpha value is -1.72. The van der Waals surface area contributed by atoms with Crippen LogP contribution in [0, 0.1) is 0 Å². The predicted octanol–water partition coefficient (Wildman–Crippen LogP) is 3.47. The predicted molar refractivity (Wildman–Crippen MR) is 89.4 cm³/mol. The van der Waals surface area contributed by atoms with E-state index in [9.17, 15) is 0 Å². The number of benzene rings is 2. The van der Waals surface area contributed by atoms with Gasteiger partial charge in [0.15, 0.2) is 6.29 Å². The molecule has 2 aromatic carbocycles. The highest BCUT2D eigenvalue weighted by Crippen LogP contribution is 2.33. The van der Waals surface area contributed by atoms with Crippen molar-refractivity contribution >= 4 is 0 Å². The summed E-state index contributed by atoms with van der Waals surface area (Å²) in [5.74, 6) is 0. The van der Waals surface area contributed by atoms with Gasteiger partial charge in [-0.05, 0) is 12.0 Å². The zero-order chi connectivity index (χ0) is 16.2. The van der Waals surface area contributed by atoms with Gasteiger partial charge in [-0.15, -0.1) is 0 Å². The van der Waals surface area contributed by atoms with Crippen molar-refractivity contribution in [1.29, 1.82) is 0 Å². The SMILES string of the molecule is c1ccc(CO[C@H]2CCOC3COC(c4ccccc4)OC32)cc1. The molecule has 0 N–H and O–H groups in total. The number of hydrogen-bond acceptors (Lipinski definition) is 4. The van der Waals surface area contributed by atoms with E-state index in [0.717, 1.165) is 12.0 Å². The van der Waals surface area contributed by atoms with Crippen LogP contribution in [-0.2, 0) is 25.6 Å². The Kier molecular flexibility index (Phi) is 4.90. The summed E-state index contributed by atoms with van der Waals surface area (Å²) < 4.78 is 24.0. The molecule has 24 heavy (non-hydrogen) atoms. The van der Waals surface area contributed by atoms with E-state index in [1.54, 1.807) is 0 Å². The van der Waals surface area contributed by atoms with Gasteiger partial charge < -0.3 is 18.9 Å². The second-order valence-electron chi connectivity index (χ2n) is 6.21. The Balaban J connectivity index is 1.43. The molecule has 4 atom stereocenters. The molecular weight excluding hydrogens is 304 g/mol. The molecule has 2 aliphatic rings. The molecule has 2 heterocycles. The first kappa shape index (κ1) is 15.8. The lowest BCUT2D eigenvalue weighted by Crippen LogP contribution is -2.53. The van der Waals surface area contributed by atoms with Crippen LogP contribution in [0.1, 0.15) is 23.8 Å². The molecule has 0 bridgehead atoms. The van der Waals surface area contributed by atoms with Crippen LogP contribution in [0.5, 0.6) is 0 Å². The molecule has 2 saturated heterocycles. The quantitative estimate of drug-likeness (QED) is 0.862. The lowest BCUT2D eigenvalue weighted by molar-refractivity contribution is -0.304. The summed E-state index contributed by atoms with van der Waals surface area (Å²) in [6.45, 7) is 1.81. The molecular formula is C20H22O4. The highest BCUT2D eigenvalue weighted by Gasteiger charge is 2.41. The lowest BCUT2D eigenvalue weighted by atomic mass is 10.0. The molecule has 2 aliphatic heterocycles. The maximum Gasteiger partial charge on any atom is 0.184 e. The van der Waals surface area contributed by atoms with Gasteiger partial charge in [0.05, 0.1) is 19.3 Å². The van der Waals surface area contributed by atoms with Crippen LogP contribution in [-0.4, -0.2) is 31.5 Å². The van der Waals surface area contributed by atoms with Gasteiger partial charge in [0.25, 0.3) is 0 Å². The first-order chi connectivity index (χ1) is 11.9. The average molecular weight is 326 g/mol. The lowest BCUT2D eigenvalue weighted by Gasteiger charge is -2.43. The number of hydrogen-bond donors (Lipinski definition) is 0. The maximum atomic E-state index is 6.21. The second-order valence-corrected chi connectivity index (χ2v) is 6.21. The standard InChI is InChI=1S/C20H22O4/c1-3-7-15(8-4-1)13-22-17-11-12-21-18-14-23-20(24-19(17)18)16-9-5-2-6-10-16/h1-10,17-20H,11-14H2/t17-,18?,19?,20?/m0/s1. The monoisotopic (exact) mass is 326 g/mol. The van der Waals surface area contributed by atoms with Crippen LogP contribution < -0.4 is 0 Å². The molecule has 0 aliphatic carbocycles. The molecule has 0 saturated carbocycles. The molecule has 0 radical (unpaired) electrons. The van der Waals surface area contributed by atoms with E-state index >= 15 is 0 Å². The van der Waals surface area contributed by atoms with E-state index in [-0.39, 0.29) is 24.6 Å². The molecule has 4 heteroatoms. The zero-order valence-electron chi connectivity index (χ0n) is 13.5. The van der Waals surface area contributed by atoms with Gasteiger partial charge in [0.1, 0.15) is 12.2 Å². The van der Waals surface area contributed by atoms with Crippen LogP contribution in [0.25, 0.3) is 0 Å². The Labute approximate surface area is 142 Å². The molecule has 2 aromatic rings. The topological polar surface area (TPSA) is 36.9 Å². The summed E-state index contributed by atoms with van der Waals surface area (Å²) in [6.07, 6.45) is 0.368. The Morgan fingerprint density at radius 2 is 1.67 bits per heavy atom. The normalized spacial score (nSPS) is 29.8. The summed E-state index contributed by atoms with van der Waals surface area (Å²) in [4.78, 5) is 0. The fourth-order valence-corrected chi connectivity index (χ4v) is 3.26. The molecule has 0 aromatic heterocycles. The Morgan fingerprint density at radius 3 is 2.46 bits per heavy atom. The minimum atomic E-state index is -0.350. The number of fused-ring (bicyclic) bond motifs is 1. The summed E-state index contributed by atoms with van der Waals surface area (Å²) in [5, 5.41) is 0. The van der Waals surface area contributed by atoms with Gasteiger partial charge >= 0.3 is 0 Å². The summed E-state index contributed by atoms with van der Waals surface area (Å²) >= 11 is 0. The third kappa shape index (κ3) is 3.52. The molecule has 4 nitrogen and oxygen atoms in total. The van der Waals surface area contributed by atoms with E-state index in [1.807, 2.05) is 48.5 Å². The van der Waals surface area contributed by atoms with E-state index in [2.05, 4.69) is 12.1 Å². The zero-order valence-corrected chi connectivity index (χ0v) is 13.5. The fourth-order valence-electron chi connectivity index (χ4n) is 3.26. The van der Waals surface area contributed by atoms with Crippen LogP contribution >= 0.6 is 0 Å². The smallest absolute Gasteiger partial charge is 0.184 e. The maximum absolute atomic E-state index is 6.21. The minimum Gasteiger partial charge on any atom is -0.373 e. The molecule has 4 rings (SSSR count). The molecule has 2 fully saturated rings. The van der Waals surface area contributed by atoms with Crippen molar-refractivity contribution in [1.82, 2.24) is 0 Å². The first-order valence-electron chi connectivity index (χ1n) is 8.49. The summed E-state index contributed by atoms with van der Waals surface area (Å²) in [7, 11) is 0. The van der Waals surface area contributed by atoms with Gasteiger partial charge in [-0.1, -0.05) is 60.7 Å². The second kappa shape index (κ2) is 7.45. The number of ether oxygens (including phenoxy) is 4. The van der Waals surface area contributed by atoms with Crippen molar-refractivity contribution in [3.8, 4) is 0 Å². The van der Waals surface area contributed by atoms with Crippen LogP contribution in [0.15, 0.2) is 60.7 Å². The van der Waals surface area contributed by atoms with Crippen molar-refractivity contribution in [2.75, 3.05) is 13.2 Å². The van der Waals surface area contributed by atoms with Crippen LogP contribution in [0.3, 0.4) is 0 Å². The first-order valence-corrected chi connectivity index (χ1v) is 8.49. The van der Waals surface area contributed by atoms with Crippen LogP contribution in [0.2, 0.25) is 0 Å². The van der Waals surface area contributed by atoms with Crippen LogP contribution in [0.4, 0.5) is 0 Å². The van der Waals surface area contributed by atoms with E-state index in [4.69, 9.17) is 18.9 Å². The van der Waals surface area contributed by atoms with E-state index < -0.39 is 0 Å². The highest BCUT2D eigenvalue weighted by atomic mass is 16.7. The summed E-state index contributed by atoms with van der Waals surface area (Å²) in [5.41, 5.74) is 2.20. The Bertz CT molecular complexity index is 631. The fraction of sp³-hybridized carbons (Fsp3) is 0.400. The number of rotatable bonds is 4. The van der Waals surface area contributed by atoms with Crippen molar-refractivity contribution < 1.29 is 18.9 Å². The Morgan fingerprint density at radius 1 is 0.917 bits per heavy atom. The summed E-state index contributed by atoms with van der Waals surface area (Å²) in [6, 6.07) is 20.3. The molecule has 0 amide bonds. The largest absolute Gasteiger partial charge is 0.373 e. The average Bonchev–Trinajstić information content (AvgIpc) is 2.67. The van der Waals surface area contributed by atoms with Crippen molar-refractivity contribution in [2.45, 2.75) is 37.6 Å². The molecule has 126 valence electrons. The van der Waals surface area contributed by atoms with Gasteiger partial charge in [0, 0.05) is 12.2 Å². The van der Waals surface area contributed by atoms with Gasteiger partial charge in [-0.2, -0.15) is 0 Å². The van der Waals surface area contributed by atoms with E-state index in [1.165, 1.54) is 5.56 Å².